The van der Waals surface area contributed by atoms with Crippen LogP contribution in [-0.2, 0) is 0 Å². The summed E-state index contributed by atoms with van der Waals surface area (Å²) in [6.45, 7) is 2.09. The highest BCUT2D eigenvalue weighted by atomic mass is 35.5. The minimum atomic E-state index is 0.457. The molecule has 0 bridgehead atoms. The molecular formula is C11H13ClN2. The molecule has 0 N–H and O–H groups in total. The van der Waals surface area contributed by atoms with Crippen LogP contribution in [-0.4, -0.2) is 30.0 Å². The molecule has 14 heavy (non-hydrogen) atoms. The van der Waals surface area contributed by atoms with Crippen LogP contribution < -0.4 is 0 Å². The highest BCUT2D eigenvalue weighted by Gasteiger charge is 2.14. The molecule has 0 radical (unpaired) electrons. The van der Waals surface area contributed by atoms with Crippen molar-refractivity contribution in [2.24, 2.45) is 0 Å². The van der Waals surface area contributed by atoms with E-state index in [-0.39, 0.29) is 0 Å². The monoisotopic (exact) mass is 208 g/mol. The molecule has 1 aromatic heterocycles. The van der Waals surface area contributed by atoms with Crippen molar-refractivity contribution >= 4 is 11.6 Å². The first-order valence-corrected chi connectivity index (χ1v) is 5.10. The molecule has 2 heterocycles. The van der Waals surface area contributed by atoms with Crippen LogP contribution in [0.4, 0.5) is 0 Å². The molecule has 2 nitrogen and oxygen atoms in total. The molecule has 3 heteroatoms. The van der Waals surface area contributed by atoms with Gasteiger partial charge in [0.25, 0.3) is 0 Å². The predicted octanol–water partition coefficient (Wildman–Crippen LogP) is 2.32. The minimum absolute atomic E-state index is 0.457. The summed E-state index contributed by atoms with van der Waals surface area (Å²) in [6, 6.07) is 3.89. The largest absolute Gasteiger partial charge is 0.302 e. The number of nitrogens with zero attached hydrogens (tertiary/aromatic N) is 2. The second kappa shape index (κ2) is 4.11. The normalized spacial score (nSPS) is 22.6. The molecule has 0 amide bonds. The quantitative estimate of drug-likeness (QED) is 0.520. The lowest BCUT2D eigenvalue weighted by atomic mass is 9.98. The van der Waals surface area contributed by atoms with Crippen LogP contribution in [0.15, 0.2) is 30.5 Å². The van der Waals surface area contributed by atoms with E-state index in [1.165, 1.54) is 5.56 Å². The van der Waals surface area contributed by atoms with Gasteiger partial charge in [-0.1, -0.05) is 29.8 Å². The van der Waals surface area contributed by atoms with Gasteiger partial charge in [-0.2, -0.15) is 0 Å². The number of likely N-dealkylation sites (N-methyl/N-ethyl adjacent to an activating group) is 1. The van der Waals surface area contributed by atoms with E-state index in [1.807, 2.05) is 18.3 Å². The third-order valence-electron chi connectivity index (χ3n) is 2.47. The Morgan fingerprint density at radius 2 is 2.36 bits per heavy atom. The minimum Gasteiger partial charge on any atom is -0.302 e. The zero-order chi connectivity index (χ0) is 9.97. The zero-order valence-electron chi connectivity index (χ0n) is 8.15. The predicted molar refractivity (Wildman–Crippen MR) is 58.6 cm³/mol. The molecule has 0 saturated carbocycles. The van der Waals surface area contributed by atoms with Gasteiger partial charge in [-0.15, -0.1) is 0 Å². The molecular weight excluding hydrogens is 196 g/mol. The van der Waals surface area contributed by atoms with Crippen molar-refractivity contribution in [2.45, 2.75) is 5.92 Å². The zero-order valence-corrected chi connectivity index (χ0v) is 8.91. The molecule has 1 aliphatic rings. The number of hydrogen-bond donors (Lipinski definition) is 0. The van der Waals surface area contributed by atoms with Crippen molar-refractivity contribution in [3.05, 3.63) is 41.2 Å². The van der Waals surface area contributed by atoms with Gasteiger partial charge in [0.2, 0.25) is 0 Å². The van der Waals surface area contributed by atoms with Crippen molar-refractivity contribution in [1.82, 2.24) is 9.88 Å². The summed E-state index contributed by atoms with van der Waals surface area (Å²) >= 11 is 5.74. The van der Waals surface area contributed by atoms with Crippen LogP contribution in [0.25, 0.3) is 0 Å². The molecule has 74 valence electrons. The lowest BCUT2D eigenvalue weighted by molar-refractivity contribution is 0.345. The maximum absolute atomic E-state index is 5.74. The van der Waals surface area contributed by atoms with Gasteiger partial charge in [-0.05, 0) is 18.7 Å². The van der Waals surface area contributed by atoms with Gasteiger partial charge in [0, 0.05) is 25.2 Å². The van der Waals surface area contributed by atoms with Gasteiger partial charge in [-0.3, -0.25) is 0 Å². The lowest BCUT2D eigenvalue weighted by Gasteiger charge is -2.24. The van der Waals surface area contributed by atoms with Gasteiger partial charge in [0.05, 0.1) is 0 Å². The Morgan fingerprint density at radius 1 is 1.50 bits per heavy atom. The maximum Gasteiger partial charge on any atom is 0.129 e. The number of rotatable bonds is 1. The fraction of sp³-hybridized carbons (Fsp3) is 0.364. The first kappa shape index (κ1) is 9.69. The second-order valence-corrected chi connectivity index (χ2v) is 4.06. The molecule has 1 atom stereocenters. The summed E-state index contributed by atoms with van der Waals surface area (Å²) in [5, 5.41) is 0.557. The van der Waals surface area contributed by atoms with E-state index in [0.717, 1.165) is 13.1 Å². The first-order valence-electron chi connectivity index (χ1n) is 4.72. The van der Waals surface area contributed by atoms with E-state index in [2.05, 4.69) is 29.1 Å². The summed E-state index contributed by atoms with van der Waals surface area (Å²) in [5.74, 6) is 0.457. The average molecular weight is 209 g/mol. The fourth-order valence-corrected chi connectivity index (χ4v) is 1.81. The third-order valence-corrected chi connectivity index (χ3v) is 2.70. The summed E-state index contributed by atoms with van der Waals surface area (Å²) < 4.78 is 0. The Morgan fingerprint density at radius 3 is 3.00 bits per heavy atom. The average Bonchev–Trinajstić information content (AvgIpc) is 2.19. The van der Waals surface area contributed by atoms with E-state index in [4.69, 9.17) is 11.6 Å². The molecule has 0 spiro atoms. The Kier molecular flexibility index (Phi) is 2.85. The topological polar surface area (TPSA) is 16.1 Å². The highest BCUT2D eigenvalue weighted by molar-refractivity contribution is 6.29. The molecule has 0 aliphatic carbocycles. The van der Waals surface area contributed by atoms with Crippen LogP contribution >= 0.6 is 11.6 Å². The lowest BCUT2D eigenvalue weighted by Crippen LogP contribution is -2.27. The molecule has 2 rings (SSSR count). The number of hydrogen-bond acceptors (Lipinski definition) is 2. The number of aromatic nitrogens is 1. The van der Waals surface area contributed by atoms with Crippen LogP contribution in [0.5, 0.6) is 0 Å². The molecule has 0 fully saturated rings. The molecule has 0 aromatic carbocycles. The van der Waals surface area contributed by atoms with E-state index in [1.54, 1.807) is 0 Å². The highest BCUT2D eigenvalue weighted by Crippen LogP contribution is 2.21. The van der Waals surface area contributed by atoms with Gasteiger partial charge < -0.3 is 4.90 Å². The summed E-state index contributed by atoms with van der Waals surface area (Å²) in [5.41, 5.74) is 1.23. The molecule has 0 saturated heterocycles. The van der Waals surface area contributed by atoms with Crippen molar-refractivity contribution in [3.63, 3.8) is 0 Å². The summed E-state index contributed by atoms with van der Waals surface area (Å²) in [7, 11) is 2.12. The van der Waals surface area contributed by atoms with Crippen LogP contribution in [0, 0.1) is 0 Å². The van der Waals surface area contributed by atoms with Crippen LogP contribution in [0.2, 0.25) is 5.15 Å². The van der Waals surface area contributed by atoms with E-state index < -0.39 is 0 Å². The Hall–Kier alpha value is -0.860. The van der Waals surface area contributed by atoms with Gasteiger partial charge in [0.1, 0.15) is 5.15 Å². The van der Waals surface area contributed by atoms with Gasteiger partial charge in [-0.25, -0.2) is 4.98 Å². The molecule has 1 aromatic rings. The first-order chi connectivity index (χ1) is 6.75. The second-order valence-electron chi connectivity index (χ2n) is 3.67. The van der Waals surface area contributed by atoms with Crippen molar-refractivity contribution in [3.8, 4) is 0 Å². The van der Waals surface area contributed by atoms with E-state index >= 15 is 0 Å². The smallest absolute Gasteiger partial charge is 0.129 e. The fourth-order valence-electron chi connectivity index (χ4n) is 1.70. The van der Waals surface area contributed by atoms with Crippen molar-refractivity contribution in [1.29, 1.82) is 0 Å². The molecule has 1 aliphatic heterocycles. The standard InChI is InChI=1S/C11H13ClN2/c1-14-6-2-3-10(8-14)9-4-5-11(12)13-7-9/h2-5,7,10H,6,8H2,1H3. The summed E-state index contributed by atoms with van der Waals surface area (Å²) in [4.78, 5) is 6.38. The summed E-state index contributed by atoms with van der Waals surface area (Å²) in [6.07, 6.45) is 6.30. The van der Waals surface area contributed by atoms with Crippen molar-refractivity contribution < 1.29 is 0 Å². The Bertz CT molecular complexity index is 332. The van der Waals surface area contributed by atoms with Crippen LogP contribution in [0.1, 0.15) is 11.5 Å². The third kappa shape index (κ3) is 2.14. The Labute approximate surface area is 89.2 Å². The van der Waals surface area contributed by atoms with Gasteiger partial charge in [0.15, 0.2) is 0 Å². The SMILES string of the molecule is CN1CC=CC(c2ccc(Cl)nc2)C1. The van der Waals surface area contributed by atoms with E-state index in [9.17, 15) is 0 Å². The van der Waals surface area contributed by atoms with Crippen LogP contribution in [0.3, 0.4) is 0 Å². The number of pyridine rings is 1. The van der Waals surface area contributed by atoms with Crippen molar-refractivity contribution in [2.75, 3.05) is 20.1 Å². The Balaban J connectivity index is 2.18. The maximum atomic E-state index is 5.74. The molecule has 1 unspecified atom stereocenters. The van der Waals surface area contributed by atoms with Gasteiger partial charge >= 0.3 is 0 Å². The number of halogens is 1. The van der Waals surface area contributed by atoms with E-state index in [0.29, 0.717) is 11.1 Å².